The fourth-order valence-electron chi connectivity index (χ4n) is 5.11. The lowest BCUT2D eigenvalue weighted by atomic mass is 9.79. The Morgan fingerprint density at radius 2 is 1.72 bits per heavy atom. The lowest BCUT2D eigenvalue weighted by molar-refractivity contribution is 0.0600. The summed E-state index contributed by atoms with van der Waals surface area (Å²) >= 11 is 19.4. The van der Waals surface area contributed by atoms with E-state index in [0.717, 1.165) is 37.7 Å². The Hall–Kier alpha value is -2.99. The number of hydrogen-bond acceptors (Lipinski definition) is 5. The summed E-state index contributed by atoms with van der Waals surface area (Å²) in [4.78, 5) is 11.9. The topological polar surface area (TPSA) is 79.6 Å². The van der Waals surface area contributed by atoms with Gasteiger partial charge in [0, 0.05) is 16.5 Å². The van der Waals surface area contributed by atoms with E-state index in [2.05, 4.69) is 0 Å². The molecular formula is C31H28Cl3NO4. The molecule has 0 aliphatic heterocycles. The van der Waals surface area contributed by atoms with Crippen LogP contribution in [0.3, 0.4) is 0 Å². The first-order valence-electron chi connectivity index (χ1n) is 12.8. The molecule has 1 fully saturated rings. The van der Waals surface area contributed by atoms with Crippen LogP contribution in [-0.4, -0.2) is 30.5 Å². The molecule has 0 saturated heterocycles. The van der Waals surface area contributed by atoms with Gasteiger partial charge in [0.05, 0.1) is 34.0 Å². The molecule has 0 spiro atoms. The van der Waals surface area contributed by atoms with Crippen LogP contribution < -0.4 is 4.74 Å². The van der Waals surface area contributed by atoms with Crippen molar-refractivity contribution in [1.29, 1.82) is 5.41 Å². The van der Waals surface area contributed by atoms with Gasteiger partial charge in [0.15, 0.2) is 0 Å². The van der Waals surface area contributed by atoms with Crippen molar-refractivity contribution < 1.29 is 19.4 Å². The van der Waals surface area contributed by atoms with Gasteiger partial charge in [0.2, 0.25) is 0 Å². The molecule has 0 radical (unpaired) electrons. The molecule has 3 aromatic carbocycles. The van der Waals surface area contributed by atoms with Crippen molar-refractivity contribution in [3.05, 3.63) is 109 Å². The van der Waals surface area contributed by atoms with Crippen molar-refractivity contribution in [2.24, 2.45) is 5.92 Å². The Morgan fingerprint density at radius 1 is 0.974 bits per heavy atom. The summed E-state index contributed by atoms with van der Waals surface area (Å²) in [5.74, 6) is 0.630. The zero-order valence-electron chi connectivity index (χ0n) is 21.4. The number of nitrogens with one attached hydrogen (secondary N) is 1. The zero-order chi connectivity index (χ0) is 27.7. The van der Waals surface area contributed by atoms with Crippen LogP contribution in [0.5, 0.6) is 5.75 Å². The predicted octanol–water partition coefficient (Wildman–Crippen LogP) is 8.37. The van der Waals surface area contributed by atoms with E-state index in [1.54, 1.807) is 30.3 Å². The highest BCUT2D eigenvalue weighted by Gasteiger charge is 2.31. The van der Waals surface area contributed by atoms with Gasteiger partial charge in [-0.05, 0) is 91.1 Å². The van der Waals surface area contributed by atoms with Crippen LogP contribution in [0.2, 0.25) is 15.1 Å². The van der Waals surface area contributed by atoms with Gasteiger partial charge >= 0.3 is 5.97 Å². The maximum absolute atomic E-state index is 11.9. The number of allylic oxidation sites excluding steroid dienone is 1. The number of ether oxygens (including phenoxy) is 2. The number of methoxy groups -OCH3 is 1. The number of esters is 1. The SMILES string of the molecule is COC(=O)c1ccc2c(c1)CCC(c1ccc(OC/C(C(=N)c3c(Cl)cccc3Cl)=C(/O)C3CC3)cc1Cl)C2. The van der Waals surface area contributed by atoms with Gasteiger partial charge in [-0.1, -0.05) is 53.0 Å². The third-order valence-electron chi connectivity index (χ3n) is 7.44. The molecule has 1 atom stereocenters. The van der Waals surface area contributed by atoms with Crippen molar-refractivity contribution in [3.63, 3.8) is 0 Å². The smallest absolute Gasteiger partial charge is 0.337 e. The van der Waals surface area contributed by atoms with E-state index in [1.807, 2.05) is 24.3 Å². The molecule has 2 N–H and O–H groups in total. The molecule has 3 aromatic rings. The number of fused-ring (bicyclic) bond motifs is 1. The molecule has 0 amide bonds. The van der Waals surface area contributed by atoms with E-state index < -0.39 is 0 Å². The molecular weight excluding hydrogens is 557 g/mol. The monoisotopic (exact) mass is 583 g/mol. The van der Waals surface area contributed by atoms with Crippen molar-refractivity contribution >= 4 is 46.5 Å². The highest BCUT2D eigenvalue weighted by atomic mass is 35.5. The molecule has 2 aliphatic rings. The maximum atomic E-state index is 11.9. The lowest BCUT2D eigenvalue weighted by Gasteiger charge is -2.26. The second-order valence-corrected chi connectivity index (χ2v) is 11.2. The molecule has 0 bridgehead atoms. The second-order valence-electron chi connectivity index (χ2n) is 10.00. The number of aryl methyl sites for hydroxylation is 1. The first-order valence-corrected chi connectivity index (χ1v) is 14.0. The van der Waals surface area contributed by atoms with Crippen molar-refractivity contribution in [2.75, 3.05) is 13.7 Å². The third kappa shape index (κ3) is 5.96. The van der Waals surface area contributed by atoms with E-state index in [0.29, 0.717) is 37.5 Å². The van der Waals surface area contributed by atoms with E-state index in [1.165, 1.54) is 18.2 Å². The van der Waals surface area contributed by atoms with E-state index in [9.17, 15) is 9.90 Å². The van der Waals surface area contributed by atoms with Gasteiger partial charge in [-0.3, -0.25) is 5.41 Å². The molecule has 1 unspecified atom stereocenters. The number of carbonyl (C=O) groups excluding carboxylic acids is 1. The number of halogens is 3. The fourth-order valence-corrected chi connectivity index (χ4v) is 6.03. The average Bonchev–Trinajstić information content (AvgIpc) is 3.78. The van der Waals surface area contributed by atoms with Crippen LogP contribution in [0.25, 0.3) is 0 Å². The molecule has 2 aliphatic carbocycles. The van der Waals surface area contributed by atoms with Crippen LogP contribution in [0.15, 0.2) is 65.9 Å². The standard InChI is InChI=1S/C31H28Cl3NO4/c1-38-31(37)21-10-8-18-13-20(9-7-19(18)14-21)23-12-11-22(15-27(23)34)39-16-24(30(36)17-5-6-17)29(35)28-25(32)3-2-4-26(28)33/h2-4,8,10-12,14-15,17,20,35-36H,5-7,9,13,16H2,1H3/b30-24-,35-29?. The minimum atomic E-state index is -0.327. The molecule has 0 heterocycles. The summed E-state index contributed by atoms with van der Waals surface area (Å²) in [6.45, 7) is -0.0161. The van der Waals surface area contributed by atoms with Crippen LogP contribution in [0.4, 0.5) is 0 Å². The largest absolute Gasteiger partial charge is 0.512 e. The number of benzene rings is 3. The summed E-state index contributed by atoms with van der Waals surface area (Å²) < 4.78 is 10.9. The number of hydrogen-bond donors (Lipinski definition) is 2. The molecule has 5 nitrogen and oxygen atoms in total. The predicted molar refractivity (Wildman–Crippen MR) is 155 cm³/mol. The maximum Gasteiger partial charge on any atom is 0.337 e. The number of aliphatic hydroxyl groups is 1. The lowest BCUT2D eigenvalue weighted by Crippen LogP contribution is -2.16. The average molecular weight is 585 g/mol. The van der Waals surface area contributed by atoms with Gasteiger partial charge in [-0.25, -0.2) is 4.79 Å². The summed E-state index contributed by atoms with van der Waals surface area (Å²) in [7, 11) is 1.39. The minimum absolute atomic E-state index is 0.0161. The summed E-state index contributed by atoms with van der Waals surface area (Å²) in [5, 5.41) is 20.9. The van der Waals surface area contributed by atoms with Crippen molar-refractivity contribution in [2.45, 2.75) is 38.0 Å². The first kappa shape index (κ1) is 27.6. The van der Waals surface area contributed by atoms with E-state index in [-0.39, 0.29) is 35.9 Å². The van der Waals surface area contributed by atoms with E-state index in [4.69, 9.17) is 49.7 Å². The number of rotatable bonds is 8. The van der Waals surface area contributed by atoms with Gasteiger partial charge in [0.25, 0.3) is 0 Å². The van der Waals surface area contributed by atoms with Crippen LogP contribution in [0, 0.1) is 11.3 Å². The third-order valence-corrected chi connectivity index (χ3v) is 8.40. The number of carbonyl (C=O) groups is 1. The highest BCUT2D eigenvalue weighted by molar-refractivity contribution is 6.41. The van der Waals surface area contributed by atoms with Crippen LogP contribution in [-0.2, 0) is 17.6 Å². The molecule has 39 heavy (non-hydrogen) atoms. The van der Waals surface area contributed by atoms with Crippen molar-refractivity contribution in [1.82, 2.24) is 0 Å². The Kier molecular flexibility index (Phi) is 8.22. The summed E-state index contributed by atoms with van der Waals surface area (Å²) in [5.41, 5.74) is 4.77. The number of aliphatic hydroxyl groups excluding tert-OH is 1. The van der Waals surface area contributed by atoms with Gasteiger partial charge < -0.3 is 14.6 Å². The Bertz CT molecular complexity index is 1460. The van der Waals surface area contributed by atoms with Crippen molar-refractivity contribution in [3.8, 4) is 5.75 Å². The zero-order valence-corrected chi connectivity index (χ0v) is 23.7. The first-order chi connectivity index (χ1) is 18.8. The minimum Gasteiger partial charge on any atom is -0.512 e. The fraction of sp³-hybridized carbons (Fsp3) is 0.290. The van der Waals surface area contributed by atoms with Crippen LogP contribution >= 0.6 is 34.8 Å². The Morgan fingerprint density at radius 3 is 2.38 bits per heavy atom. The summed E-state index contributed by atoms with van der Waals surface area (Å²) in [6, 6.07) is 16.4. The molecule has 0 aromatic heterocycles. The molecule has 5 rings (SSSR count). The quantitative estimate of drug-likeness (QED) is 0.158. The van der Waals surface area contributed by atoms with Gasteiger partial charge in [-0.2, -0.15) is 0 Å². The Balaban J connectivity index is 1.31. The molecule has 1 saturated carbocycles. The highest BCUT2D eigenvalue weighted by Crippen LogP contribution is 2.40. The molecule has 202 valence electrons. The van der Waals surface area contributed by atoms with Crippen LogP contribution in [0.1, 0.15) is 57.8 Å². The normalized spacial score (nSPS) is 17.2. The van der Waals surface area contributed by atoms with E-state index >= 15 is 0 Å². The second kappa shape index (κ2) is 11.6. The Labute approximate surface area is 242 Å². The summed E-state index contributed by atoms with van der Waals surface area (Å²) in [6.07, 6.45) is 4.33. The molecule has 8 heteroatoms. The van der Waals surface area contributed by atoms with Gasteiger partial charge in [0.1, 0.15) is 18.1 Å². The van der Waals surface area contributed by atoms with Gasteiger partial charge in [-0.15, -0.1) is 0 Å².